The molecule has 0 bridgehead atoms. The molecule has 3 amide bonds. The average molecular weight is 387 g/mol. The van der Waals surface area contributed by atoms with Crippen LogP contribution in [0.4, 0.5) is 20.6 Å². The molecule has 0 radical (unpaired) electrons. The van der Waals surface area contributed by atoms with Gasteiger partial charge in [0.1, 0.15) is 11.6 Å². The van der Waals surface area contributed by atoms with Crippen LogP contribution in [0, 0.1) is 5.82 Å². The molecule has 2 aromatic rings. The Morgan fingerprint density at radius 2 is 1.93 bits per heavy atom. The second-order valence-corrected chi connectivity index (χ2v) is 6.28. The summed E-state index contributed by atoms with van der Waals surface area (Å²) in [6.07, 6.45) is 0.790. The third kappa shape index (κ3) is 5.20. The number of hydrogen-bond acceptors (Lipinski definition) is 4. The molecule has 0 aromatic heterocycles. The first-order valence-corrected chi connectivity index (χ1v) is 9.01. The molecule has 8 heteroatoms. The summed E-state index contributed by atoms with van der Waals surface area (Å²) in [5.41, 5.74) is 2.50. The number of carbonyl (C=O) groups is 2. The molecule has 0 fully saturated rings. The maximum Gasteiger partial charge on any atom is 0.319 e. The molecule has 1 aliphatic heterocycles. The van der Waals surface area contributed by atoms with Crippen LogP contribution in [0.5, 0.6) is 5.75 Å². The fourth-order valence-electron chi connectivity index (χ4n) is 2.85. The largest absolute Gasteiger partial charge is 0.467 e. The van der Waals surface area contributed by atoms with Crippen molar-refractivity contribution in [2.75, 3.05) is 24.0 Å². The number of rotatable bonds is 6. The van der Waals surface area contributed by atoms with Crippen LogP contribution in [0.2, 0.25) is 0 Å². The number of ether oxygens (including phenoxy) is 2. The van der Waals surface area contributed by atoms with Crippen molar-refractivity contribution >= 4 is 23.3 Å². The van der Waals surface area contributed by atoms with Crippen molar-refractivity contribution in [3.05, 3.63) is 53.3 Å². The van der Waals surface area contributed by atoms with E-state index in [1.165, 1.54) is 12.1 Å². The van der Waals surface area contributed by atoms with Crippen molar-refractivity contribution in [3.63, 3.8) is 0 Å². The molecular weight excluding hydrogens is 365 g/mol. The minimum atomic E-state index is -0.395. The van der Waals surface area contributed by atoms with E-state index in [0.29, 0.717) is 54.2 Å². The second kappa shape index (κ2) is 9.18. The van der Waals surface area contributed by atoms with Crippen molar-refractivity contribution in [3.8, 4) is 5.75 Å². The highest BCUT2D eigenvalue weighted by Gasteiger charge is 2.17. The summed E-state index contributed by atoms with van der Waals surface area (Å²) in [5, 5.41) is 8.17. The van der Waals surface area contributed by atoms with E-state index in [1.807, 2.05) is 0 Å². The van der Waals surface area contributed by atoms with Gasteiger partial charge >= 0.3 is 6.03 Å². The molecule has 3 rings (SSSR count). The lowest BCUT2D eigenvalue weighted by atomic mass is 10.1. The number of fused-ring (bicyclic) bond motifs is 1. The topological polar surface area (TPSA) is 88.7 Å². The highest BCUT2D eigenvalue weighted by Crippen LogP contribution is 2.29. The molecule has 0 atom stereocenters. The first-order chi connectivity index (χ1) is 13.5. The van der Waals surface area contributed by atoms with E-state index >= 15 is 0 Å². The summed E-state index contributed by atoms with van der Waals surface area (Å²) in [7, 11) is 0. The Morgan fingerprint density at radius 1 is 1.14 bits per heavy atom. The van der Waals surface area contributed by atoms with Gasteiger partial charge in [0.2, 0.25) is 5.91 Å². The van der Waals surface area contributed by atoms with Gasteiger partial charge in [-0.1, -0.05) is 13.0 Å². The standard InChI is InChI=1S/C20H22FN3O4/c1-2-18(25)23-16-4-3-5-17(10-16)24-20(26)22-7-6-13-8-15(21)9-14-11-27-12-28-19(13)14/h3-5,8-10H,2,6-7,11-12H2,1H3,(H,23,25)(H2,22,24,26). The Kier molecular flexibility index (Phi) is 6.44. The molecule has 0 unspecified atom stereocenters. The van der Waals surface area contributed by atoms with E-state index in [0.717, 1.165) is 0 Å². The van der Waals surface area contributed by atoms with Crippen LogP contribution < -0.4 is 20.7 Å². The zero-order valence-electron chi connectivity index (χ0n) is 15.5. The summed E-state index contributed by atoms with van der Waals surface area (Å²) in [6, 6.07) is 9.27. The molecule has 2 aromatic carbocycles. The Balaban J connectivity index is 1.54. The average Bonchev–Trinajstić information content (AvgIpc) is 2.68. The molecule has 0 saturated carbocycles. The van der Waals surface area contributed by atoms with Gasteiger partial charge in [-0.05, 0) is 42.3 Å². The van der Waals surface area contributed by atoms with Gasteiger partial charge in [-0.2, -0.15) is 0 Å². The monoisotopic (exact) mass is 387 g/mol. The predicted octanol–water partition coefficient (Wildman–Crippen LogP) is 3.40. The SMILES string of the molecule is CCC(=O)Nc1cccc(NC(=O)NCCc2cc(F)cc3c2OCOC3)c1. The maximum atomic E-state index is 13.7. The number of hydrogen-bond donors (Lipinski definition) is 3. The van der Waals surface area contributed by atoms with Crippen LogP contribution in [0.15, 0.2) is 36.4 Å². The van der Waals surface area contributed by atoms with E-state index in [2.05, 4.69) is 16.0 Å². The van der Waals surface area contributed by atoms with E-state index in [1.54, 1.807) is 31.2 Å². The van der Waals surface area contributed by atoms with Crippen LogP contribution in [-0.2, 0) is 22.6 Å². The lowest BCUT2D eigenvalue weighted by Crippen LogP contribution is -2.30. The second-order valence-electron chi connectivity index (χ2n) is 6.28. The molecule has 0 spiro atoms. The van der Waals surface area contributed by atoms with Crippen molar-refractivity contribution in [2.24, 2.45) is 0 Å². The third-order valence-corrected chi connectivity index (χ3v) is 4.16. The van der Waals surface area contributed by atoms with Crippen LogP contribution in [0.3, 0.4) is 0 Å². The van der Waals surface area contributed by atoms with Crippen molar-refractivity contribution in [1.82, 2.24) is 5.32 Å². The van der Waals surface area contributed by atoms with Crippen LogP contribution in [0.1, 0.15) is 24.5 Å². The summed E-state index contributed by atoms with van der Waals surface area (Å²) < 4.78 is 24.4. The zero-order valence-corrected chi connectivity index (χ0v) is 15.5. The van der Waals surface area contributed by atoms with E-state index in [-0.39, 0.29) is 18.5 Å². The van der Waals surface area contributed by atoms with Gasteiger partial charge in [0.05, 0.1) is 6.61 Å². The Hall–Kier alpha value is -3.13. The first-order valence-electron chi connectivity index (χ1n) is 9.01. The molecule has 1 aliphatic rings. The smallest absolute Gasteiger partial charge is 0.319 e. The van der Waals surface area contributed by atoms with E-state index in [9.17, 15) is 14.0 Å². The van der Waals surface area contributed by atoms with Crippen molar-refractivity contribution in [1.29, 1.82) is 0 Å². The number of urea groups is 1. The van der Waals surface area contributed by atoms with Gasteiger partial charge in [0, 0.05) is 29.9 Å². The maximum absolute atomic E-state index is 13.7. The molecule has 1 heterocycles. The number of halogens is 1. The number of nitrogens with one attached hydrogen (secondary N) is 3. The first kappa shape index (κ1) is 19.6. The zero-order chi connectivity index (χ0) is 19.9. The number of amides is 3. The van der Waals surface area contributed by atoms with Gasteiger partial charge in [0.15, 0.2) is 6.79 Å². The summed E-state index contributed by atoms with van der Waals surface area (Å²) in [5.74, 6) is 0.153. The van der Waals surface area contributed by atoms with Gasteiger partial charge < -0.3 is 25.4 Å². The quantitative estimate of drug-likeness (QED) is 0.709. The van der Waals surface area contributed by atoms with Crippen LogP contribution in [-0.4, -0.2) is 25.3 Å². The predicted molar refractivity (Wildman–Crippen MR) is 103 cm³/mol. The van der Waals surface area contributed by atoms with Crippen LogP contribution >= 0.6 is 0 Å². The lowest BCUT2D eigenvalue weighted by Gasteiger charge is -2.21. The normalized spacial score (nSPS) is 12.5. The number of benzene rings is 2. The summed E-state index contributed by atoms with van der Waals surface area (Å²) in [4.78, 5) is 23.6. The highest BCUT2D eigenvalue weighted by molar-refractivity contribution is 5.93. The minimum absolute atomic E-state index is 0.104. The highest BCUT2D eigenvalue weighted by atomic mass is 19.1. The van der Waals surface area contributed by atoms with Crippen LogP contribution in [0.25, 0.3) is 0 Å². The molecule has 0 saturated heterocycles. The molecule has 28 heavy (non-hydrogen) atoms. The lowest BCUT2D eigenvalue weighted by molar-refractivity contribution is -0.115. The Labute approximate surface area is 162 Å². The Bertz CT molecular complexity index is 873. The van der Waals surface area contributed by atoms with Gasteiger partial charge in [-0.25, -0.2) is 9.18 Å². The Morgan fingerprint density at radius 3 is 2.71 bits per heavy atom. The fraction of sp³-hybridized carbons (Fsp3) is 0.300. The molecule has 148 valence electrons. The number of carbonyl (C=O) groups excluding carboxylic acids is 2. The van der Waals surface area contributed by atoms with Gasteiger partial charge in [-0.15, -0.1) is 0 Å². The summed E-state index contributed by atoms with van der Waals surface area (Å²) in [6.45, 7) is 2.50. The molecule has 0 aliphatic carbocycles. The van der Waals surface area contributed by atoms with E-state index < -0.39 is 6.03 Å². The molecule has 3 N–H and O–H groups in total. The van der Waals surface area contributed by atoms with Crippen molar-refractivity contribution in [2.45, 2.75) is 26.4 Å². The van der Waals surface area contributed by atoms with Crippen molar-refractivity contribution < 1.29 is 23.5 Å². The fourth-order valence-corrected chi connectivity index (χ4v) is 2.85. The van der Waals surface area contributed by atoms with E-state index in [4.69, 9.17) is 9.47 Å². The molecule has 7 nitrogen and oxygen atoms in total. The van der Waals surface area contributed by atoms with Gasteiger partial charge in [0.25, 0.3) is 0 Å². The van der Waals surface area contributed by atoms with Gasteiger partial charge in [-0.3, -0.25) is 4.79 Å². The molecular formula is C20H22FN3O4. The minimum Gasteiger partial charge on any atom is -0.467 e. The summed E-state index contributed by atoms with van der Waals surface area (Å²) >= 11 is 0. The number of anilines is 2. The third-order valence-electron chi connectivity index (χ3n) is 4.16.